The molecule has 0 aliphatic heterocycles. The summed E-state index contributed by atoms with van der Waals surface area (Å²) in [4.78, 5) is 0. The van der Waals surface area contributed by atoms with Gasteiger partial charge in [-0.2, -0.15) is 6.42 Å². The van der Waals surface area contributed by atoms with Crippen LogP contribution >= 0.6 is 12.4 Å². The van der Waals surface area contributed by atoms with E-state index in [1.54, 1.807) is 0 Å². The van der Waals surface area contributed by atoms with E-state index in [4.69, 9.17) is 0 Å². The van der Waals surface area contributed by atoms with Gasteiger partial charge in [-0.15, -0.1) is 12.4 Å². The van der Waals surface area contributed by atoms with E-state index in [2.05, 4.69) is 13.8 Å². The second-order valence-corrected chi connectivity index (χ2v) is 3.68. The fourth-order valence-corrected chi connectivity index (χ4v) is 1.49. The summed E-state index contributed by atoms with van der Waals surface area (Å²) in [7, 11) is 0. The Bertz CT molecular complexity index is 72.0. The summed E-state index contributed by atoms with van der Waals surface area (Å²) >= 11 is 0. The molecular formula is C12H29ClNNa. The van der Waals surface area contributed by atoms with Gasteiger partial charge in [-0.3, -0.25) is 0 Å². The van der Waals surface area contributed by atoms with Gasteiger partial charge in [-0.1, -0.05) is 64.7 Å². The van der Waals surface area contributed by atoms with Crippen LogP contribution in [-0.4, -0.2) is 0 Å². The number of hydrogen-bond acceptors (Lipinski definition) is 1. The quantitative estimate of drug-likeness (QED) is 0.378. The monoisotopic (exact) mass is 245 g/mol. The Morgan fingerprint density at radius 2 is 1.07 bits per heavy atom. The van der Waals surface area contributed by atoms with Gasteiger partial charge >= 0.3 is 29.6 Å². The standard InChI is InChI=1S/C12H25.ClH.H3N.Na/c1-3-5-7-9-11-12-10-8-6-4-2;;;/h1,3-12H2,2H3;1H;1H3;/q-1;;;+1. The third kappa shape index (κ3) is 25.5. The van der Waals surface area contributed by atoms with E-state index in [0.717, 1.165) is 6.42 Å². The van der Waals surface area contributed by atoms with Gasteiger partial charge in [0.2, 0.25) is 0 Å². The van der Waals surface area contributed by atoms with Gasteiger partial charge in [0, 0.05) is 0 Å². The molecule has 1 nitrogen and oxygen atoms in total. The Morgan fingerprint density at radius 3 is 1.40 bits per heavy atom. The van der Waals surface area contributed by atoms with Crippen molar-refractivity contribution in [1.29, 1.82) is 0 Å². The molecule has 0 unspecified atom stereocenters. The van der Waals surface area contributed by atoms with Crippen LogP contribution in [0.5, 0.6) is 0 Å². The number of halogens is 1. The molecule has 90 valence electrons. The summed E-state index contributed by atoms with van der Waals surface area (Å²) < 4.78 is 0. The fraction of sp³-hybridized carbons (Fsp3) is 0.917. The average Bonchev–Trinajstić information content (AvgIpc) is 2.10. The molecule has 0 fully saturated rings. The van der Waals surface area contributed by atoms with Crippen LogP contribution in [0.15, 0.2) is 0 Å². The molecule has 0 aliphatic rings. The van der Waals surface area contributed by atoms with Gasteiger partial charge in [0.15, 0.2) is 0 Å². The number of rotatable bonds is 9. The van der Waals surface area contributed by atoms with E-state index in [-0.39, 0.29) is 48.1 Å². The predicted octanol–water partition coefficient (Wildman–Crippen LogP) is 2.33. The van der Waals surface area contributed by atoms with Crippen molar-refractivity contribution in [1.82, 2.24) is 6.15 Å². The molecule has 3 heteroatoms. The van der Waals surface area contributed by atoms with Crippen molar-refractivity contribution in [3.05, 3.63) is 6.92 Å². The van der Waals surface area contributed by atoms with Gasteiger partial charge in [0.1, 0.15) is 0 Å². The van der Waals surface area contributed by atoms with Crippen LogP contribution in [0.4, 0.5) is 0 Å². The first-order chi connectivity index (χ1) is 5.91. The van der Waals surface area contributed by atoms with Crippen LogP contribution in [0.2, 0.25) is 0 Å². The molecule has 0 rings (SSSR count). The molecule has 0 amide bonds. The topological polar surface area (TPSA) is 35.0 Å². The smallest absolute Gasteiger partial charge is 0.344 e. The molecule has 0 aliphatic carbocycles. The Morgan fingerprint density at radius 1 is 0.733 bits per heavy atom. The van der Waals surface area contributed by atoms with E-state index in [0.29, 0.717) is 0 Å². The second kappa shape index (κ2) is 24.5. The molecular weight excluding hydrogens is 217 g/mol. The first-order valence-electron chi connectivity index (χ1n) is 5.71. The molecule has 0 aromatic rings. The largest absolute Gasteiger partial charge is 1.00 e. The van der Waals surface area contributed by atoms with Crippen molar-refractivity contribution < 1.29 is 29.6 Å². The van der Waals surface area contributed by atoms with E-state index >= 15 is 0 Å². The zero-order valence-electron chi connectivity index (χ0n) is 10.9. The van der Waals surface area contributed by atoms with Crippen LogP contribution in [0.25, 0.3) is 0 Å². The maximum absolute atomic E-state index is 3.84. The van der Waals surface area contributed by atoms with Crippen molar-refractivity contribution in [2.24, 2.45) is 0 Å². The minimum atomic E-state index is 0. The molecule has 0 spiro atoms. The second-order valence-electron chi connectivity index (χ2n) is 3.68. The number of hydrogen-bond donors (Lipinski definition) is 1. The summed E-state index contributed by atoms with van der Waals surface area (Å²) in [5.74, 6) is 0. The molecule has 0 saturated heterocycles. The summed E-state index contributed by atoms with van der Waals surface area (Å²) in [6.07, 6.45) is 13.9. The van der Waals surface area contributed by atoms with Gasteiger partial charge in [0.05, 0.1) is 0 Å². The minimum absolute atomic E-state index is 0. The summed E-state index contributed by atoms with van der Waals surface area (Å²) in [6.45, 7) is 6.12. The van der Waals surface area contributed by atoms with Crippen molar-refractivity contribution >= 4 is 12.4 Å². The Kier molecular flexibility index (Phi) is 41.1. The Labute approximate surface area is 125 Å². The molecule has 15 heavy (non-hydrogen) atoms. The first-order valence-corrected chi connectivity index (χ1v) is 5.71. The molecule has 0 bridgehead atoms. The van der Waals surface area contributed by atoms with Gasteiger partial charge in [0.25, 0.3) is 0 Å². The van der Waals surface area contributed by atoms with E-state index in [1.807, 2.05) is 0 Å². The van der Waals surface area contributed by atoms with Crippen LogP contribution in [0.1, 0.15) is 71.1 Å². The molecule has 0 heterocycles. The SMILES string of the molecule is Cl.N.[CH2-]CCCCCCCCCCC.[Na+]. The maximum atomic E-state index is 3.84. The molecule has 0 aromatic carbocycles. The van der Waals surface area contributed by atoms with Crippen LogP contribution < -0.4 is 35.7 Å². The first kappa shape index (κ1) is 25.2. The average molecular weight is 246 g/mol. The van der Waals surface area contributed by atoms with Crippen molar-refractivity contribution in [3.8, 4) is 0 Å². The van der Waals surface area contributed by atoms with E-state index in [9.17, 15) is 0 Å². The van der Waals surface area contributed by atoms with Gasteiger partial charge < -0.3 is 13.1 Å². The molecule has 0 saturated carbocycles. The fourth-order valence-electron chi connectivity index (χ4n) is 1.49. The summed E-state index contributed by atoms with van der Waals surface area (Å²) in [6, 6.07) is 0. The third-order valence-corrected chi connectivity index (χ3v) is 2.35. The van der Waals surface area contributed by atoms with Gasteiger partial charge in [-0.25, -0.2) is 0 Å². The Hall–Kier alpha value is 1.25. The zero-order valence-corrected chi connectivity index (χ0v) is 13.7. The van der Waals surface area contributed by atoms with Crippen molar-refractivity contribution in [2.75, 3.05) is 0 Å². The predicted molar refractivity (Wildman–Crippen MR) is 69.5 cm³/mol. The van der Waals surface area contributed by atoms with Crippen molar-refractivity contribution in [3.63, 3.8) is 0 Å². The van der Waals surface area contributed by atoms with Crippen molar-refractivity contribution in [2.45, 2.75) is 71.1 Å². The van der Waals surface area contributed by atoms with Crippen LogP contribution in [0.3, 0.4) is 0 Å². The summed E-state index contributed by atoms with van der Waals surface area (Å²) in [5, 5.41) is 0. The summed E-state index contributed by atoms with van der Waals surface area (Å²) in [5.41, 5.74) is 0. The molecule has 3 N–H and O–H groups in total. The molecule has 0 aromatic heterocycles. The van der Waals surface area contributed by atoms with Crippen LogP contribution in [-0.2, 0) is 0 Å². The normalized spacial score (nSPS) is 8.40. The third-order valence-electron chi connectivity index (χ3n) is 2.35. The Balaban J connectivity index is -0.000000202. The number of unbranched alkanes of at least 4 members (excludes halogenated alkanes) is 9. The van der Waals surface area contributed by atoms with E-state index < -0.39 is 0 Å². The zero-order chi connectivity index (χ0) is 9.07. The molecule has 0 radical (unpaired) electrons. The molecule has 0 atom stereocenters. The maximum Gasteiger partial charge on any atom is 1.00 e. The van der Waals surface area contributed by atoms with E-state index in [1.165, 1.54) is 57.8 Å². The minimum Gasteiger partial charge on any atom is -0.344 e. The van der Waals surface area contributed by atoms with Gasteiger partial charge in [-0.05, 0) is 0 Å². The van der Waals surface area contributed by atoms with Crippen LogP contribution in [0, 0.1) is 6.92 Å².